The number of nitrogens with one attached hydrogen (secondary N) is 2. The largest absolute Gasteiger partial charge is 0.465 e. The molecule has 1 aromatic carbocycles. The summed E-state index contributed by atoms with van der Waals surface area (Å²) in [5.74, 6) is -1.27. The molecular formula is C24H32N4O5. The Hall–Kier alpha value is -3.46. The molecule has 2 aromatic rings. The van der Waals surface area contributed by atoms with E-state index < -0.39 is 41.6 Å². The molecule has 4 N–H and O–H groups in total. The highest BCUT2D eigenvalue weighted by Gasteiger charge is 2.36. The average Bonchev–Trinajstić information content (AvgIpc) is 2.76. The van der Waals surface area contributed by atoms with Gasteiger partial charge in [0.05, 0.1) is 18.3 Å². The number of carboxylic acid groups (broad SMARTS) is 1. The van der Waals surface area contributed by atoms with Crippen molar-refractivity contribution in [2.24, 2.45) is 0 Å². The van der Waals surface area contributed by atoms with Gasteiger partial charge in [0.25, 0.3) is 5.91 Å². The SMILES string of the molecule is C[C@H](C(=O)N[C@H](Cc1ccccc1)[C@H](O)C(=O)NCc1ccccn1)N(C(=O)O)C(C)(C)C. The summed E-state index contributed by atoms with van der Waals surface area (Å²) in [6, 6.07) is 12.4. The molecule has 0 aliphatic rings. The van der Waals surface area contributed by atoms with E-state index in [0.29, 0.717) is 5.69 Å². The number of carbonyl (C=O) groups is 3. The molecule has 0 saturated heterocycles. The number of aliphatic hydroxyl groups is 1. The van der Waals surface area contributed by atoms with Gasteiger partial charge in [0, 0.05) is 11.7 Å². The smallest absolute Gasteiger partial charge is 0.408 e. The molecule has 0 aliphatic carbocycles. The molecule has 2 rings (SSSR count). The van der Waals surface area contributed by atoms with Crippen molar-refractivity contribution >= 4 is 17.9 Å². The highest BCUT2D eigenvalue weighted by Crippen LogP contribution is 2.18. The fraction of sp³-hybridized carbons (Fsp3) is 0.417. The predicted octanol–water partition coefficient (Wildman–Crippen LogP) is 1.95. The van der Waals surface area contributed by atoms with E-state index >= 15 is 0 Å². The van der Waals surface area contributed by atoms with E-state index in [9.17, 15) is 24.6 Å². The van der Waals surface area contributed by atoms with Crippen LogP contribution < -0.4 is 10.6 Å². The Labute approximate surface area is 193 Å². The van der Waals surface area contributed by atoms with Crippen molar-refractivity contribution in [3.63, 3.8) is 0 Å². The summed E-state index contributed by atoms with van der Waals surface area (Å²) < 4.78 is 0. The van der Waals surface area contributed by atoms with Crippen molar-refractivity contribution in [2.75, 3.05) is 0 Å². The molecule has 1 aromatic heterocycles. The maximum absolute atomic E-state index is 13.0. The lowest BCUT2D eigenvalue weighted by Gasteiger charge is -2.38. The van der Waals surface area contributed by atoms with Crippen molar-refractivity contribution in [1.82, 2.24) is 20.5 Å². The van der Waals surface area contributed by atoms with E-state index in [0.717, 1.165) is 10.5 Å². The summed E-state index contributed by atoms with van der Waals surface area (Å²) in [5, 5.41) is 25.7. The maximum Gasteiger partial charge on any atom is 0.408 e. The molecule has 33 heavy (non-hydrogen) atoms. The second-order valence-electron chi connectivity index (χ2n) is 8.79. The summed E-state index contributed by atoms with van der Waals surface area (Å²) in [5.41, 5.74) is 0.603. The molecule has 1 heterocycles. The first-order chi connectivity index (χ1) is 15.5. The number of carbonyl (C=O) groups excluding carboxylic acids is 2. The van der Waals surface area contributed by atoms with Crippen molar-refractivity contribution in [3.05, 3.63) is 66.0 Å². The maximum atomic E-state index is 13.0. The molecule has 0 spiro atoms. The molecule has 0 fully saturated rings. The molecule has 178 valence electrons. The number of amides is 3. The topological polar surface area (TPSA) is 132 Å². The lowest BCUT2D eigenvalue weighted by Crippen LogP contribution is -2.59. The monoisotopic (exact) mass is 456 g/mol. The van der Waals surface area contributed by atoms with E-state index in [1.165, 1.54) is 6.92 Å². The van der Waals surface area contributed by atoms with Gasteiger partial charge in [-0.15, -0.1) is 0 Å². The minimum absolute atomic E-state index is 0.121. The van der Waals surface area contributed by atoms with Gasteiger partial charge in [-0.3, -0.25) is 19.5 Å². The predicted molar refractivity (Wildman–Crippen MR) is 123 cm³/mol. The molecule has 0 unspecified atom stereocenters. The van der Waals surface area contributed by atoms with E-state index in [-0.39, 0.29) is 13.0 Å². The number of aliphatic hydroxyl groups excluding tert-OH is 1. The van der Waals surface area contributed by atoms with Gasteiger partial charge < -0.3 is 20.8 Å². The third-order valence-corrected chi connectivity index (χ3v) is 5.14. The third kappa shape index (κ3) is 7.57. The van der Waals surface area contributed by atoms with Crippen LogP contribution in [0.25, 0.3) is 0 Å². The third-order valence-electron chi connectivity index (χ3n) is 5.14. The second kappa shape index (κ2) is 11.4. The van der Waals surface area contributed by atoms with Crippen LogP contribution in [-0.4, -0.2) is 61.7 Å². The fourth-order valence-corrected chi connectivity index (χ4v) is 3.53. The van der Waals surface area contributed by atoms with E-state index in [4.69, 9.17) is 0 Å². The van der Waals surface area contributed by atoms with Crippen LogP contribution in [0.1, 0.15) is 39.0 Å². The number of benzene rings is 1. The van der Waals surface area contributed by atoms with Gasteiger partial charge in [0.2, 0.25) is 5.91 Å². The van der Waals surface area contributed by atoms with Gasteiger partial charge in [-0.1, -0.05) is 36.4 Å². The number of rotatable bonds is 9. The summed E-state index contributed by atoms with van der Waals surface area (Å²) in [6.45, 7) is 6.66. The lowest BCUT2D eigenvalue weighted by molar-refractivity contribution is -0.134. The number of hydrogen-bond acceptors (Lipinski definition) is 5. The normalized spacial score (nSPS) is 14.0. The van der Waals surface area contributed by atoms with E-state index in [1.807, 2.05) is 30.3 Å². The Kier molecular flexibility index (Phi) is 8.93. The molecule has 0 saturated carbocycles. The Morgan fingerprint density at radius 3 is 2.21 bits per heavy atom. The Balaban J connectivity index is 2.17. The molecule has 3 atom stereocenters. The quantitative estimate of drug-likeness (QED) is 0.456. The van der Waals surface area contributed by atoms with Gasteiger partial charge in [0.15, 0.2) is 6.10 Å². The van der Waals surface area contributed by atoms with Crippen LogP contribution >= 0.6 is 0 Å². The fourth-order valence-electron chi connectivity index (χ4n) is 3.53. The minimum atomic E-state index is -1.56. The zero-order valence-corrected chi connectivity index (χ0v) is 19.4. The van der Waals surface area contributed by atoms with Crippen molar-refractivity contribution in [2.45, 2.75) is 64.4 Å². The highest BCUT2D eigenvalue weighted by molar-refractivity contribution is 5.87. The highest BCUT2D eigenvalue weighted by atomic mass is 16.4. The minimum Gasteiger partial charge on any atom is -0.465 e. The van der Waals surface area contributed by atoms with E-state index in [2.05, 4.69) is 15.6 Å². The molecule has 0 aliphatic heterocycles. The van der Waals surface area contributed by atoms with Gasteiger partial charge in [-0.2, -0.15) is 0 Å². The van der Waals surface area contributed by atoms with Crippen LogP contribution in [0.15, 0.2) is 54.7 Å². The van der Waals surface area contributed by atoms with Crippen molar-refractivity contribution < 1.29 is 24.6 Å². The van der Waals surface area contributed by atoms with Gasteiger partial charge in [0.1, 0.15) is 6.04 Å². The number of nitrogens with zero attached hydrogens (tertiary/aromatic N) is 2. The van der Waals surface area contributed by atoms with E-state index in [1.54, 1.807) is 45.2 Å². The van der Waals surface area contributed by atoms with Gasteiger partial charge >= 0.3 is 6.09 Å². The number of hydrogen-bond donors (Lipinski definition) is 4. The zero-order chi connectivity index (χ0) is 24.6. The summed E-state index contributed by atoms with van der Waals surface area (Å²) in [4.78, 5) is 42.6. The van der Waals surface area contributed by atoms with Crippen LogP contribution in [-0.2, 0) is 22.6 Å². The summed E-state index contributed by atoms with van der Waals surface area (Å²) in [6.07, 6.45) is -1.02. The summed E-state index contributed by atoms with van der Waals surface area (Å²) in [7, 11) is 0. The van der Waals surface area contributed by atoms with Crippen LogP contribution in [0, 0.1) is 0 Å². The Morgan fingerprint density at radius 1 is 1.03 bits per heavy atom. The summed E-state index contributed by atoms with van der Waals surface area (Å²) >= 11 is 0. The second-order valence-corrected chi connectivity index (χ2v) is 8.79. The number of pyridine rings is 1. The van der Waals surface area contributed by atoms with Crippen LogP contribution in [0.5, 0.6) is 0 Å². The molecular weight excluding hydrogens is 424 g/mol. The van der Waals surface area contributed by atoms with Crippen molar-refractivity contribution in [3.8, 4) is 0 Å². The van der Waals surface area contributed by atoms with Crippen molar-refractivity contribution in [1.29, 1.82) is 0 Å². The van der Waals surface area contributed by atoms with Gasteiger partial charge in [-0.25, -0.2) is 4.79 Å². The molecule has 9 nitrogen and oxygen atoms in total. The first-order valence-corrected chi connectivity index (χ1v) is 10.7. The first-order valence-electron chi connectivity index (χ1n) is 10.7. The number of aromatic nitrogens is 1. The Morgan fingerprint density at radius 2 is 1.67 bits per heavy atom. The van der Waals surface area contributed by atoms with Crippen LogP contribution in [0.4, 0.5) is 4.79 Å². The zero-order valence-electron chi connectivity index (χ0n) is 19.4. The first kappa shape index (κ1) is 25.8. The molecule has 0 bridgehead atoms. The molecule has 9 heteroatoms. The van der Waals surface area contributed by atoms with Gasteiger partial charge in [-0.05, 0) is 51.8 Å². The molecule has 3 amide bonds. The van der Waals surface area contributed by atoms with Crippen LogP contribution in [0.2, 0.25) is 0 Å². The van der Waals surface area contributed by atoms with Crippen LogP contribution in [0.3, 0.4) is 0 Å². The average molecular weight is 457 g/mol. The standard InChI is InChI=1S/C24H32N4O5/c1-16(28(23(32)33)24(2,3)4)21(30)27-19(14-17-10-6-5-7-11-17)20(29)22(31)26-15-18-12-8-9-13-25-18/h5-13,16,19-20,29H,14-15H2,1-4H3,(H,26,31)(H,27,30)(H,32,33)/t16-,19-,20+/m1/s1. The lowest BCUT2D eigenvalue weighted by atomic mass is 9.99. The Bertz CT molecular complexity index is 931. The molecule has 0 radical (unpaired) electrons.